The number of anilines is 1. The lowest BCUT2D eigenvalue weighted by atomic mass is 9.97. The second kappa shape index (κ2) is 5.63. The molecule has 2 N–H and O–H groups in total. The number of aliphatic imine (C=N–C) groups is 1. The minimum absolute atomic E-state index is 0.213. The molecule has 0 fully saturated rings. The zero-order chi connectivity index (χ0) is 17.6. The van der Waals surface area contributed by atoms with E-state index < -0.39 is 30.6 Å². The molecule has 25 heavy (non-hydrogen) atoms. The molecule has 2 heterocycles. The Morgan fingerprint density at radius 3 is 2.68 bits per heavy atom. The molecule has 5 nitrogen and oxygen atoms in total. The van der Waals surface area contributed by atoms with Crippen LogP contribution >= 0.6 is 0 Å². The van der Waals surface area contributed by atoms with E-state index in [1.165, 1.54) is 6.21 Å². The summed E-state index contributed by atoms with van der Waals surface area (Å²) < 4.78 is 35.4. The lowest BCUT2D eigenvalue weighted by Gasteiger charge is -2.35. The van der Waals surface area contributed by atoms with Crippen molar-refractivity contribution in [3.8, 4) is 5.75 Å². The van der Waals surface area contributed by atoms with Gasteiger partial charge in [0.15, 0.2) is 12.8 Å². The van der Waals surface area contributed by atoms with Gasteiger partial charge in [0.05, 0.1) is 5.69 Å². The molecule has 2 atom stereocenters. The fourth-order valence-corrected chi connectivity index (χ4v) is 3.22. The molecule has 0 radical (unpaired) electrons. The van der Waals surface area contributed by atoms with E-state index in [0.717, 1.165) is 4.90 Å². The first-order valence-corrected chi connectivity index (χ1v) is 7.79. The SMILES string of the molecule is N[C@H]1N=Cc2cccc3c2N(C1=O)C(c1ccccc1)C(F)(F)CO3. The molecule has 7 heteroatoms. The van der Waals surface area contributed by atoms with Gasteiger partial charge in [0.2, 0.25) is 0 Å². The molecule has 0 saturated carbocycles. The van der Waals surface area contributed by atoms with Crippen LogP contribution in [0.1, 0.15) is 17.2 Å². The molecule has 0 saturated heterocycles. The number of hydrogen-bond acceptors (Lipinski definition) is 4. The summed E-state index contributed by atoms with van der Waals surface area (Å²) in [5, 5.41) is 0. The minimum Gasteiger partial charge on any atom is -0.485 e. The number of hydrogen-bond donors (Lipinski definition) is 1. The number of halogens is 2. The summed E-state index contributed by atoms with van der Waals surface area (Å²) in [7, 11) is 0. The van der Waals surface area contributed by atoms with Crippen LogP contribution in [0.25, 0.3) is 0 Å². The van der Waals surface area contributed by atoms with Gasteiger partial charge in [0.25, 0.3) is 5.91 Å². The Morgan fingerprint density at radius 2 is 1.92 bits per heavy atom. The van der Waals surface area contributed by atoms with Crippen LogP contribution in [0.5, 0.6) is 5.75 Å². The third-order valence-corrected chi connectivity index (χ3v) is 4.33. The normalized spacial score (nSPS) is 24.1. The third kappa shape index (κ3) is 2.47. The van der Waals surface area contributed by atoms with E-state index >= 15 is 8.78 Å². The highest BCUT2D eigenvalue weighted by Crippen LogP contribution is 2.47. The van der Waals surface area contributed by atoms with E-state index in [4.69, 9.17) is 10.5 Å². The number of amides is 1. The van der Waals surface area contributed by atoms with E-state index in [1.807, 2.05) is 0 Å². The predicted molar refractivity (Wildman–Crippen MR) is 89.1 cm³/mol. The van der Waals surface area contributed by atoms with Gasteiger partial charge in [-0.25, -0.2) is 8.78 Å². The lowest BCUT2D eigenvalue weighted by Crippen LogP contribution is -2.50. The molecule has 0 bridgehead atoms. The molecule has 0 aromatic heterocycles. The number of ether oxygens (including phenoxy) is 1. The van der Waals surface area contributed by atoms with Crippen LogP contribution < -0.4 is 15.4 Å². The molecule has 4 rings (SSSR count). The number of rotatable bonds is 1. The van der Waals surface area contributed by atoms with Crippen molar-refractivity contribution in [2.24, 2.45) is 10.7 Å². The van der Waals surface area contributed by atoms with Gasteiger partial charge >= 0.3 is 5.92 Å². The van der Waals surface area contributed by atoms with Crippen molar-refractivity contribution >= 4 is 17.8 Å². The van der Waals surface area contributed by atoms with Crippen molar-refractivity contribution in [1.82, 2.24) is 0 Å². The predicted octanol–water partition coefficient (Wildman–Crippen LogP) is 2.51. The summed E-state index contributed by atoms with van der Waals surface area (Å²) in [5.41, 5.74) is 6.89. The number of carbonyl (C=O) groups excluding carboxylic acids is 1. The molecule has 2 aromatic carbocycles. The summed E-state index contributed by atoms with van der Waals surface area (Å²) in [6.45, 7) is -0.834. The van der Waals surface area contributed by atoms with Gasteiger partial charge in [-0.15, -0.1) is 0 Å². The van der Waals surface area contributed by atoms with Crippen molar-refractivity contribution in [2.45, 2.75) is 18.1 Å². The second-order valence-electron chi connectivity index (χ2n) is 5.99. The number of nitrogens with two attached hydrogens (primary N) is 1. The fraction of sp³-hybridized carbons (Fsp3) is 0.222. The molecular formula is C18H15F2N3O2. The van der Waals surface area contributed by atoms with Crippen molar-refractivity contribution in [3.63, 3.8) is 0 Å². The van der Waals surface area contributed by atoms with Gasteiger partial charge in [0.1, 0.15) is 11.8 Å². The Morgan fingerprint density at radius 1 is 1.16 bits per heavy atom. The van der Waals surface area contributed by atoms with Crippen molar-refractivity contribution in [3.05, 3.63) is 59.7 Å². The Hall–Kier alpha value is -2.80. The smallest absolute Gasteiger partial charge is 0.305 e. The first-order chi connectivity index (χ1) is 12.0. The maximum Gasteiger partial charge on any atom is 0.305 e. The van der Waals surface area contributed by atoms with Gasteiger partial charge in [-0.1, -0.05) is 42.5 Å². The number of benzene rings is 2. The van der Waals surface area contributed by atoms with E-state index in [2.05, 4.69) is 4.99 Å². The lowest BCUT2D eigenvalue weighted by molar-refractivity contribution is -0.123. The summed E-state index contributed by atoms with van der Waals surface area (Å²) in [5.74, 6) is -3.79. The highest BCUT2D eigenvalue weighted by Gasteiger charge is 2.51. The first kappa shape index (κ1) is 15.7. The van der Waals surface area contributed by atoms with Gasteiger partial charge < -0.3 is 10.5 Å². The number of para-hydroxylation sites is 1. The quantitative estimate of drug-likeness (QED) is 0.865. The monoisotopic (exact) mass is 343 g/mol. The molecule has 0 aliphatic carbocycles. The summed E-state index contributed by atoms with van der Waals surface area (Å²) in [6.07, 6.45) is 0.177. The molecular weight excluding hydrogens is 328 g/mol. The van der Waals surface area contributed by atoms with Crippen LogP contribution in [0.3, 0.4) is 0 Å². The Kier molecular flexibility index (Phi) is 3.54. The molecule has 2 aromatic rings. The Balaban J connectivity index is 2.00. The standard InChI is InChI=1S/C18H15F2N3O2/c19-18(20)10-25-13-8-4-7-12-9-22-16(21)17(24)23(14(12)13)15(18)11-5-2-1-3-6-11/h1-9,15-16H,10,21H2/t15?,16-/m0/s1. The van der Waals surface area contributed by atoms with E-state index in [9.17, 15) is 4.79 Å². The Labute approximate surface area is 142 Å². The summed E-state index contributed by atoms with van der Waals surface area (Å²) >= 11 is 0. The maximum atomic E-state index is 15.0. The highest BCUT2D eigenvalue weighted by molar-refractivity contribution is 6.07. The maximum absolute atomic E-state index is 15.0. The van der Waals surface area contributed by atoms with Crippen LogP contribution in [0.2, 0.25) is 0 Å². The largest absolute Gasteiger partial charge is 0.485 e. The average Bonchev–Trinajstić information content (AvgIpc) is 2.81. The third-order valence-electron chi connectivity index (χ3n) is 4.33. The van der Waals surface area contributed by atoms with Crippen LogP contribution in [0.4, 0.5) is 14.5 Å². The van der Waals surface area contributed by atoms with E-state index in [1.54, 1.807) is 48.5 Å². The van der Waals surface area contributed by atoms with Crippen molar-refractivity contribution < 1.29 is 18.3 Å². The second-order valence-corrected chi connectivity index (χ2v) is 5.99. The number of carbonyl (C=O) groups is 1. The van der Waals surface area contributed by atoms with Crippen LogP contribution in [-0.2, 0) is 4.79 Å². The van der Waals surface area contributed by atoms with Gasteiger partial charge in [0, 0.05) is 11.8 Å². The van der Waals surface area contributed by atoms with Gasteiger partial charge in [-0.05, 0) is 11.6 Å². The van der Waals surface area contributed by atoms with Crippen LogP contribution in [0, 0.1) is 0 Å². The van der Waals surface area contributed by atoms with Crippen molar-refractivity contribution in [2.75, 3.05) is 11.5 Å². The molecule has 0 spiro atoms. The summed E-state index contributed by atoms with van der Waals surface area (Å²) in [4.78, 5) is 17.9. The van der Waals surface area contributed by atoms with E-state index in [-0.39, 0.29) is 11.4 Å². The number of nitrogens with zero attached hydrogens (tertiary/aromatic N) is 2. The molecule has 1 unspecified atom stereocenters. The van der Waals surface area contributed by atoms with E-state index in [0.29, 0.717) is 11.1 Å². The van der Waals surface area contributed by atoms with Gasteiger partial charge in [-0.3, -0.25) is 14.7 Å². The highest BCUT2D eigenvalue weighted by atomic mass is 19.3. The number of alkyl halides is 2. The first-order valence-electron chi connectivity index (χ1n) is 7.79. The van der Waals surface area contributed by atoms with Gasteiger partial charge in [-0.2, -0.15) is 0 Å². The molecule has 1 amide bonds. The summed E-state index contributed by atoms with van der Waals surface area (Å²) in [6, 6.07) is 11.6. The van der Waals surface area contributed by atoms with Crippen LogP contribution in [0.15, 0.2) is 53.5 Å². The molecule has 2 aliphatic heterocycles. The Bertz CT molecular complexity index is 855. The van der Waals surface area contributed by atoms with Crippen molar-refractivity contribution in [1.29, 1.82) is 0 Å². The zero-order valence-electron chi connectivity index (χ0n) is 13.1. The zero-order valence-corrected chi connectivity index (χ0v) is 13.1. The molecule has 2 aliphatic rings. The topological polar surface area (TPSA) is 67.9 Å². The minimum atomic E-state index is -3.31. The fourth-order valence-electron chi connectivity index (χ4n) is 3.22. The average molecular weight is 343 g/mol. The molecule has 128 valence electrons. The van der Waals surface area contributed by atoms with Crippen LogP contribution in [-0.4, -0.2) is 30.8 Å².